The molecule has 2 bridgehead atoms. The number of benzene rings is 2. The maximum Gasteiger partial charge on any atom is 0.328 e. The van der Waals surface area contributed by atoms with Crippen molar-refractivity contribution in [2.24, 2.45) is 5.92 Å². The van der Waals surface area contributed by atoms with Crippen LogP contribution in [-0.2, 0) is 46.3 Å². The first kappa shape index (κ1) is 38.2. The lowest BCUT2D eigenvalue weighted by Crippen LogP contribution is -2.56. The van der Waals surface area contributed by atoms with Crippen molar-refractivity contribution in [3.63, 3.8) is 0 Å². The molecule has 4 amide bonds. The van der Waals surface area contributed by atoms with Gasteiger partial charge in [0.25, 0.3) is 0 Å². The summed E-state index contributed by atoms with van der Waals surface area (Å²) < 4.78 is 11.0. The van der Waals surface area contributed by atoms with Crippen LogP contribution in [0.1, 0.15) is 31.4 Å². The summed E-state index contributed by atoms with van der Waals surface area (Å²) in [6, 6.07) is 11.3. The summed E-state index contributed by atoms with van der Waals surface area (Å²) in [5.74, 6) is -6.19. The third-order valence-electron chi connectivity index (χ3n) is 8.32. The number of aromatic hydroxyl groups is 1. The Bertz CT molecular complexity index is 1490. The lowest BCUT2D eigenvalue weighted by Gasteiger charge is -2.29. The van der Waals surface area contributed by atoms with Crippen molar-refractivity contribution < 1.29 is 53.9 Å². The van der Waals surface area contributed by atoms with E-state index in [0.717, 1.165) is 0 Å². The Morgan fingerprint density at radius 2 is 1.44 bits per heavy atom. The summed E-state index contributed by atoms with van der Waals surface area (Å²) in [4.78, 5) is 65.6. The first-order valence-electron chi connectivity index (χ1n) is 16.4. The van der Waals surface area contributed by atoms with Crippen LogP contribution in [0.2, 0.25) is 0 Å². The highest BCUT2D eigenvalue weighted by atomic mass is 16.7. The highest BCUT2D eigenvalue weighted by Crippen LogP contribution is 2.29. The fraction of sp³-hybridized carbons (Fsp3) is 0.500. The van der Waals surface area contributed by atoms with Crippen LogP contribution in [0.15, 0.2) is 54.6 Å². The van der Waals surface area contributed by atoms with Crippen LogP contribution in [0.25, 0.3) is 0 Å². The van der Waals surface area contributed by atoms with Gasteiger partial charge in [0.05, 0.1) is 25.7 Å². The van der Waals surface area contributed by atoms with Crippen molar-refractivity contribution >= 4 is 29.6 Å². The van der Waals surface area contributed by atoms with Gasteiger partial charge in [0.1, 0.15) is 42.8 Å². The standard InChI is InChI=1S/C34H45N5O11/c1-19(2)12-25-33(47)49-17-26-29(43)30(44)34(48,50-26)18-37-23(13-21-8-10-22(40)11-9-21)31(45)36-15-27(41)35-16-28(42)38-24(32(46)39-25)14-20-6-4-3-5-7-20/h3-11,19,23-26,29-30,37,40,43-44,48H,12-18H2,1-2H3,(H,35,41)(H,36,45)(H,38,42)(H,39,46)/t23-,24-,25-,26+,29-,30-,34-/m0/s1. The molecular weight excluding hydrogens is 654 g/mol. The molecule has 2 aliphatic rings. The number of carbonyl (C=O) groups excluding carboxylic acids is 5. The number of cyclic esters (lactones) is 1. The fourth-order valence-corrected chi connectivity index (χ4v) is 5.60. The Morgan fingerprint density at radius 1 is 0.800 bits per heavy atom. The number of ether oxygens (including phenoxy) is 2. The highest BCUT2D eigenvalue weighted by molar-refractivity contribution is 5.93. The topological polar surface area (TPSA) is 245 Å². The van der Waals surface area contributed by atoms with Gasteiger partial charge in [0.2, 0.25) is 29.4 Å². The van der Waals surface area contributed by atoms with Gasteiger partial charge in [-0.25, -0.2) is 4.79 Å². The number of amides is 4. The normalized spacial score (nSPS) is 29.2. The van der Waals surface area contributed by atoms with Gasteiger partial charge in [-0.05, 0) is 42.0 Å². The van der Waals surface area contributed by atoms with E-state index < -0.39 is 98.1 Å². The van der Waals surface area contributed by atoms with Crippen LogP contribution in [0.5, 0.6) is 5.75 Å². The number of fused-ring (bicyclic) bond motifs is 2. The zero-order chi connectivity index (χ0) is 36.4. The summed E-state index contributed by atoms with van der Waals surface area (Å²) >= 11 is 0. The number of aliphatic hydroxyl groups is 3. The van der Waals surface area contributed by atoms with Crippen LogP contribution >= 0.6 is 0 Å². The van der Waals surface area contributed by atoms with Crippen molar-refractivity contribution in [3.05, 3.63) is 65.7 Å². The number of phenols is 1. The average Bonchev–Trinajstić information content (AvgIpc) is 3.30. The molecule has 2 fully saturated rings. The summed E-state index contributed by atoms with van der Waals surface area (Å²) in [5, 5.41) is 55.2. The van der Waals surface area contributed by atoms with Gasteiger partial charge in [0.15, 0.2) is 0 Å². The van der Waals surface area contributed by atoms with Gasteiger partial charge in [0, 0.05) is 6.42 Å². The molecule has 2 aromatic carbocycles. The number of rotatable bonds is 6. The molecule has 272 valence electrons. The number of nitrogens with one attached hydrogen (secondary N) is 5. The zero-order valence-corrected chi connectivity index (χ0v) is 27.8. The van der Waals surface area contributed by atoms with Crippen LogP contribution in [0.3, 0.4) is 0 Å². The summed E-state index contributed by atoms with van der Waals surface area (Å²) in [6.45, 7) is 1.42. The maximum atomic E-state index is 13.5. The molecule has 2 saturated heterocycles. The second-order valence-corrected chi connectivity index (χ2v) is 12.9. The van der Waals surface area contributed by atoms with Crippen LogP contribution in [0.4, 0.5) is 0 Å². The van der Waals surface area contributed by atoms with E-state index >= 15 is 0 Å². The van der Waals surface area contributed by atoms with E-state index in [2.05, 4.69) is 26.6 Å². The molecule has 50 heavy (non-hydrogen) atoms. The van der Waals surface area contributed by atoms with Gasteiger partial charge in [-0.1, -0.05) is 56.3 Å². The van der Waals surface area contributed by atoms with Crippen molar-refractivity contribution in [2.75, 3.05) is 26.2 Å². The number of phenolic OH excluding ortho intramolecular Hbond substituents is 1. The number of aliphatic hydroxyl groups excluding tert-OH is 2. The van der Waals surface area contributed by atoms with E-state index in [1.807, 2.05) is 13.8 Å². The Kier molecular flexibility index (Phi) is 13.3. The van der Waals surface area contributed by atoms with Crippen LogP contribution in [-0.4, -0.2) is 118 Å². The van der Waals surface area contributed by atoms with Gasteiger partial charge in [-0.3, -0.25) is 19.2 Å². The molecule has 2 heterocycles. The minimum atomic E-state index is -2.43. The SMILES string of the molecule is CC(C)C[C@@H]1NC(=O)[C@H](Cc2ccccc2)NC(=O)CNC(=O)CNC(=O)[C@H](Cc2ccc(O)cc2)NC[C@]2(O)O[C@H](COC1=O)[C@H](O)[C@@H]2O. The second kappa shape index (κ2) is 17.4. The number of carbonyl (C=O) groups is 5. The molecule has 7 atom stereocenters. The molecule has 16 heteroatoms. The van der Waals surface area contributed by atoms with Crippen molar-refractivity contribution in [1.82, 2.24) is 26.6 Å². The number of esters is 1. The summed E-state index contributed by atoms with van der Waals surface area (Å²) in [5.41, 5.74) is 1.30. The van der Waals surface area contributed by atoms with E-state index in [9.17, 15) is 44.4 Å². The molecule has 0 unspecified atom stereocenters. The fourth-order valence-electron chi connectivity index (χ4n) is 5.60. The predicted molar refractivity (Wildman–Crippen MR) is 176 cm³/mol. The minimum absolute atomic E-state index is 0.00152. The molecule has 9 N–H and O–H groups in total. The molecule has 0 spiro atoms. The Morgan fingerprint density at radius 3 is 2.12 bits per heavy atom. The van der Waals surface area contributed by atoms with Gasteiger partial charge < -0.3 is 56.5 Å². The summed E-state index contributed by atoms with van der Waals surface area (Å²) in [6.07, 6.45) is -4.76. The third kappa shape index (κ3) is 10.7. The van der Waals surface area contributed by atoms with E-state index in [-0.39, 0.29) is 30.9 Å². The van der Waals surface area contributed by atoms with Gasteiger partial charge in [-0.15, -0.1) is 0 Å². The first-order valence-corrected chi connectivity index (χ1v) is 16.4. The summed E-state index contributed by atoms with van der Waals surface area (Å²) in [7, 11) is 0. The van der Waals surface area contributed by atoms with Gasteiger partial charge >= 0.3 is 5.97 Å². The third-order valence-corrected chi connectivity index (χ3v) is 8.32. The molecule has 4 rings (SSSR count). The molecule has 0 aliphatic carbocycles. The largest absolute Gasteiger partial charge is 0.508 e. The van der Waals surface area contributed by atoms with E-state index in [4.69, 9.17) is 9.47 Å². The number of hydrogen-bond donors (Lipinski definition) is 9. The molecule has 2 aromatic rings. The van der Waals surface area contributed by atoms with E-state index in [1.54, 1.807) is 42.5 Å². The lowest BCUT2D eigenvalue weighted by molar-refractivity contribution is -0.228. The number of hydrogen-bond acceptors (Lipinski definition) is 12. The predicted octanol–water partition coefficient (Wildman–Crippen LogP) is -2.25. The molecule has 0 radical (unpaired) electrons. The zero-order valence-electron chi connectivity index (χ0n) is 27.8. The quantitative estimate of drug-likeness (QED) is 0.145. The van der Waals surface area contributed by atoms with E-state index in [1.165, 1.54) is 12.1 Å². The smallest absolute Gasteiger partial charge is 0.328 e. The molecule has 16 nitrogen and oxygen atoms in total. The molecular formula is C34H45N5O11. The highest BCUT2D eigenvalue weighted by Gasteiger charge is 2.54. The van der Waals surface area contributed by atoms with Crippen molar-refractivity contribution in [1.29, 1.82) is 0 Å². The van der Waals surface area contributed by atoms with Gasteiger partial charge in [-0.2, -0.15) is 0 Å². The first-order chi connectivity index (χ1) is 23.7. The molecule has 0 aromatic heterocycles. The van der Waals surface area contributed by atoms with Crippen LogP contribution < -0.4 is 26.6 Å². The minimum Gasteiger partial charge on any atom is -0.508 e. The Labute approximate surface area is 288 Å². The average molecular weight is 700 g/mol. The Balaban J connectivity index is 1.59. The monoisotopic (exact) mass is 699 g/mol. The maximum absolute atomic E-state index is 13.5. The second-order valence-electron chi connectivity index (χ2n) is 12.9. The lowest BCUT2D eigenvalue weighted by atomic mass is 10.0. The Hall–Kier alpha value is -4.61. The molecule has 0 saturated carbocycles. The van der Waals surface area contributed by atoms with Crippen LogP contribution in [0, 0.1) is 5.92 Å². The molecule has 2 aliphatic heterocycles. The van der Waals surface area contributed by atoms with E-state index in [0.29, 0.717) is 11.1 Å². The number of β-amino-alcohol motifs (C(OH)–C–C–N with tert-alkyl or cyclic N) is 1. The van der Waals surface area contributed by atoms with Crippen molar-refractivity contribution in [2.45, 2.75) is 75.3 Å². The van der Waals surface area contributed by atoms with Crippen molar-refractivity contribution in [3.8, 4) is 5.75 Å².